The van der Waals surface area contributed by atoms with Gasteiger partial charge < -0.3 is 5.32 Å². The summed E-state index contributed by atoms with van der Waals surface area (Å²) in [5.41, 5.74) is 5.58. The fraction of sp³-hybridized carbons (Fsp3) is 0.148. The highest BCUT2D eigenvalue weighted by molar-refractivity contribution is 6.04. The van der Waals surface area contributed by atoms with Gasteiger partial charge >= 0.3 is 0 Å². The summed E-state index contributed by atoms with van der Waals surface area (Å²) in [6, 6.07) is 24.3. The Hall–Kier alpha value is -4.19. The molecule has 0 bridgehead atoms. The van der Waals surface area contributed by atoms with Crippen molar-refractivity contribution in [1.82, 2.24) is 19.6 Å². The molecule has 6 nitrogen and oxygen atoms in total. The molecule has 5 rings (SSSR count). The summed E-state index contributed by atoms with van der Waals surface area (Å²) in [6.45, 7) is 5.28. The maximum Gasteiger partial charge on any atom is 0.255 e. The Kier molecular flexibility index (Phi) is 5.48. The van der Waals surface area contributed by atoms with Crippen LogP contribution < -0.4 is 5.32 Å². The molecule has 0 spiro atoms. The Morgan fingerprint density at radius 1 is 0.939 bits per heavy atom. The van der Waals surface area contributed by atoms with E-state index in [1.807, 2.05) is 71.9 Å². The van der Waals surface area contributed by atoms with Gasteiger partial charge in [-0.1, -0.05) is 54.6 Å². The van der Waals surface area contributed by atoms with Gasteiger partial charge in [0.1, 0.15) is 0 Å². The minimum atomic E-state index is -0.157. The molecule has 0 atom stereocenters. The van der Waals surface area contributed by atoms with Gasteiger partial charge in [0.05, 0.1) is 30.7 Å². The SMILES string of the molecule is Cc1cc(C)n(Cc2cccc(C(=O)Nc3cnn(Cc4cccc5ccccc45)c3)c2)n1. The van der Waals surface area contributed by atoms with Crippen LogP contribution in [-0.2, 0) is 13.1 Å². The predicted molar refractivity (Wildman–Crippen MR) is 130 cm³/mol. The Bertz CT molecular complexity index is 1440. The van der Waals surface area contributed by atoms with Gasteiger partial charge in [0.15, 0.2) is 0 Å². The van der Waals surface area contributed by atoms with Gasteiger partial charge in [-0.15, -0.1) is 0 Å². The zero-order chi connectivity index (χ0) is 22.8. The molecule has 0 saturated heterocycles. The van der Waals surface area contributed by atoms with Gasteiger partial charge in [0.2, 0.25) is 0 Å². The van der Waals surface area contributed by atoms with Crippen molar-refractivity contribution in [3.8, 4) is 0 Å². The molecule has 0 fully saturated rings. The molecule has 0 unspecified atom stereocenters. The van der Waals surface area contributed by atoms with Crippen LogP contribution in [0.1, 0.15) is 32.9 Å². The van der Waals surface area contributed by atoms with Crippen molar-refractivity contribution in [1.29, 1.82) is 0 Å². The highest BCUT2D eigenvalue weighted by atomic mass is 16.1. The van der Waals surface area contributed by atoms with Crippen LogP contribution in [0.2, 0.25) is 0 Å². The highest BCUT2D eigenvalue weighted by Gasteiger charge is 2.10. The lowest BCUT2D eigenvalue weighted by atomic mass is 10.0. The molecule has 1 amide bonds. The number of aromatic nitrogens is 4. The van der Waals surface area contributed by atoms with E-state index in [-0.39, 0.29) is 5.91 Å². The normalized spacial score (nSPS) is 11.1. The molecule has 0 aliphatic heterocycles. The molecule has 0 saturated carbocycles. The molecule has 6 heteroatoms. The second-order valence-corrected chi connectivity index (χ2v) is 8.30. The minimum absolute atomic E-state index is 0.157. The van der Waals surface area contributed by atoms with Gasteiger partial charge in [-0.05, 0) is 53.9 Å². The number of benzene rings is 3. The smallest absolute Gasteiger partial charge is 0.255 e. The minimum Gasteiger partial charge on any atom is -0.319 e. The standard InChI is InChI=1S/C27H25N5O/c1-19-13-20(2)32(30-19)16-21-7-5-10-23(14-21)27(33)29-25-15-28-31(18-25)17-24-11-6-9-22-8-3-4-12-26(22)24/h3-15,18H,16-17H2,1-2H3,(H,29,33). The van der Waals surface area contributed by atoms with E-state index < -0.39 is 0 Å². The lowest BCUT2D eigenvalue weighted by molar-refractivity contribution is 0.102. The first-order valence-corrected chi connectivity index (χ1v) is 11.0. The van der Waals surface area contributed by atoms with Crippen molar-refractivity contribution in [3.05, 3.63) is 113 Å². The summed E-state index contributed by atoms with van der Waals surface area (Å²) in [5, 5.41) is 14.3. The maximum absolute atomic E-state index is 12.9. The number of fused-ring (bicyclic) bond motifs is 1. The molecular weight excluding hydrogens is 410 g/mol. The lowest BCUT2D eigenvalue weighted by Crippen LogP contribution is -2.12. The summed E-state index contributed by atoms with van der Waals surface area (Å²) in [6.07, 6.45) is 3.54. The topological polar surface area (TPSA) is 64.7 Å². The monoisotopic (exact) mass is 435 g/mol. The van der Waals surface area contributed by atoms with E-state index in [2.05, 4.69) is 45.8 Å². The average Bonchev–Trinajstić information content (AvgIpc) is 3.39. The predicted octanol–water partition coefficient (Wildman–Crippen LogP) is 5.20. The number of hydrogen-bond donors (Lipinski definition) is 1. The molecule has 0 aliphatic carbocycles. The van der Waals surface area contributed by atoms with Crippen LogP contribution in [0.4, 0.5) is 5.69 Å². The van der Waals surface area contributed by atoms with Crippen molar-refractivity contribution in [2.75, 3.05) is 5.32 Å². The largest absolute Gasteiger partial charge is 0.319 e. The van der Waals surface area contributed by atoms with Crippen LogP contribution in [0.3, 0.4) is 0 Å². The van der Waals surface area contributed by atoms with Gasteiger partial charge in [0, 0.05) is 17.5 Å². The van der Waals surface area contributed by atoms with Crippen LogP contribution in [0.25, 0.3) is 10.8 Å². The first-order valence-electron chi connectivity index (χ1n) is 11.0. The number of nitrogens with one attached hydrogen (secondary N) is 1. The summed E-state index contributed by atoms with van der Waals surface area (Å²) in [4.78, 5) is 12.9. The van der Waals surface area contributed by atoms with Crippen molar-refractivity contribution in [2.24, 2.45) is 0 Å². The van der Waals surface area contributed by atoms with E-state index >= 15 is 0 Å². The van der Waals surface area contributed by atoms with Gasteiger partial charge in [-0.2, -0.15) is 10.2 Å². The van der Waals surface area contributed by atoms with Gasteiger partial charge in [0.25, 0.3) is 5.91 Å². The van der Waals surface area contributed by atoms with E-state index in [0.29, 0.717) is 24.3 Å². The zero-order valence-corrected chi connectivity index (χ0v) is 18.7. The van der Waals surface area contributed by atoms with Crippen LogP contribution in [0.15, 0.2) is 85.2 Å². The lowest BCUT2D eigenvalue weighted by Gasteiger charge is -2.08. The molecule has 33 heavy (non-hydrogen) atoms. The van der Waals surface area contributed by atoms with E-state index in [1.54, 1.807) is 6.20 Å². The first-order chi connectivity index (χ1) is 16.0. The fourth-order valence-corrected chi connectivity index (χ4v) is 4.14. The van der Waals surface area contributed by atoms with Crippen LogP contribution >= 0.6 is 0 Å². The van der Waals surface area contributed by atoms with Crippen LogP contribution in [-0.4, -0.2) is 25.5 Å². The molecular formula is C27H25N5O. The Balaban J connectivity index is 1.28. The molecule has 0 aliphatic rings. The van der Waals surface area contributed by atoms with E-state index in [1.165, 1.54) is 16.3 Å². The average molecular weight is 436 g/mol. The number of carbonyl (C=O) groups excluding carboxylic acids is 1. The summed E-state index contributed by atoms with van der Waals surface area (Å²) >= 11 is 0. The third-order valence-corrected chi connectivity index (χ3v) is 5.73. The number of nitrogens with zero attached hydrogens (tertiary/aromatic N) is 4. The second kappa shape index (κ2) is 8.74. The third kappa shape index (κ3) is 4.55. The molecule has 0 radical (unpaired) electrons. The summed E-state index contributed by atoms with van der Waals surface area (Å²) < 4.78 is 3.79. The third-order valence-electron chi connectivity index (χ3n) is 5.73. The first kappa shape index (κ1) is 20.7. The van der Waals surface area contributed by atoms with E-state index in [0.717, 1.165) is 17.0 Å². The highest BCUT2D eigenvalue weighted by Crippen LogP contribution is 2.20. The molecule has 3 aromatic carbocycles. The van der Waals surface area contributed by atoms with Crippen molar-refractivity contribution in [2.45, 2.75) is 26.9 Å². The van der Waals surface area contributed by atoms with Crippen molar-refractivity contribution < 1.29 is 4.79 Å². The van der Waals surface area contributed by atoms with E-state index in [9.17, 15) is 4.79 Å². The second-order valence-electron chi connectivity index (χ2n) is 8.30. The quantitative estimate of drug-likeness (QED) is 0.399. The van der Waals surface area contributed by atoms with Gasteiger partial charge in [-0.25, -0.2) is 0 Å². The van der Waals surface area contributed by atoms with Crippen molar-refractivity contribution in [3.63, 3.8) is 0 Å². The van der Waals surface area contributed by atoms with Crippen LogP contribution in [0, 0.1) is 13.8 Å². The number of carbonyl (C=O) groups is 1. The molecule has 1 N–H and O–H groups in total. The Labute approximate surface area is 192 Å². The van der Waals surface area contributed by atoms with Gasteiger partial charge in [-0.3, -0.25) is 14.2 Å². The van der Waals surface area contributed by atoms with E-state index in [4.69, 9.17) is 0 Å². The van der Waals surface area contributed by atoms with Crippen molar-refractivity contribution >= 4 is 22.4 Å². The Morgan fingerprint density at radius 3 is 2.61 bits per heavy atom. The number of aryl methyl sites for hydroxylation is 2. The zero-order valence-electron chi connectivity index (χ0n) is 18.7. The molecule has 164 valence electrons. The molecule has 5 aromatic rings. The summed E-state index contributed by atoms with van der Waals surface area (Å²) in [5.74, 6) is -0.157. The molecule has 2 heterocycles. The fourth-order valence-electron chi connectivity index (χ4n) is 4.14. The molecule has 2 aromatic heterocycles. The number of amides is 1. The number of rotatable bonds is 6. The number of hydrogen-bond acceptors (Lipinski definition) is 3. The van der Waals surface area contributed by atoms with Crippen LogP contribution in [0.5, 0.6) is 0 Å². The Morgan fingerprint density at radius 2 is 1.76 bits per heavy atom. The number of anilines is 1. The maximum atomic E-state index is 12.9. The summed E-state index contributed by atoms with van der Waals surface area (Å²) in [7, 11) is 0.